The molecule has 0 saturated heterocycles. The maximum absolute atomic E-state index is 3.76. The molecule has 0 aliphatic heterocycles. The number of hydrogen-bond acceptors (Lipinski definition) is 0. The van der Waals surface area contributed by atoms with Crippen LogP contribution in [-0.2, 0) is 6.42 Å². The number of rotatable bonds is 6. The summed E-state index contributed by atoms with van der Waals surface area (Å²) in [5.74, 6) is 0. The fourth-order valence-electron chi connectivity index (χ4n) is 1.47. The van der Waals surface area contributed by atoms with Crippen LogP contribution in [0.25, 0.3) is 0 Å². The molecule has 0 bridgehead atoms. The van der Waals surface area contributed by atoms with E-state index < -0.39 is 0 Å². The Morgan fingerprint density at radius 3 is 2.50 bits per heavy atom. The highest BCUT2D eigenvalue weighted by Crippen LogP contribution is 2.06. The summed E-state index contributed by atoms with van der Waals surface area (Å²) in [6.45, 7) is 3.76. The van der Waals surface area contributed by atoms with Gasteiger partial charge in [0.25, 0.3) is 0 Å². The third kappa shape index (κ3) is 4.86. The molecule has 0 heterocycles. The van der Waals surface area contributed by atoms with Crippen LogP contribution in [-0.4, -0.2) is 0 Å². The monoisotopic (exact) mass is 187 g/mol. The molecule has 75 valence electrons. The summed E-state index contributed by atoms with van der Waals surface area (Å²) in [4.78, 5) is 0. The van der Waals surface area contributed by atoms with Crippen LogP contribution >= 0.6 is 0 Å². The van der Waals surface area contributed by atoms with E-state index in [-0.39, 0.29) is 0 Å². The lowest BCUT2D eigenvalue weighted by Crippen LogP contribution is -1.83. The van der Waals surface area contributed by atoms with E-state index in [1.807, 2.05) is 0 Å². The maximum Gasteiger partial charge on any atom is -0.0279 e. The fraction of sp³-hybridized carbons (Fsp3) is 0.357. The molecule has 0 aliphatic rings. The molecule has 1 radical (unpaired) electrons. The van der Waals surface area contributed by atoms with E-state index in [2.05, 4.69) is 49.4 Å². The van der Waals surface area contributed by atoms with Gasteiger partial charge in [0.1, 0.15) is 0 Å². The summed E-state index contributed by atoms with van der Waals surface area (Å²) >= 11 is 0. The lowest BCUT2D eigenvalue weighted by molar-refractivity contribution is 0.747. The van der Waals surface area contributed by atoms with Crippen molar-refractivity contribution in [1.82, 2.24) is 0 Å². The van der Waals surface area contributed by atoms with E-state index in [1.54, 1.807) is 0 Å². The van der Waals surface area contributed by atoms with E-state index in [1.165, 1.54) is 31.2 Å². The Morgan fingerprint density at radius 1 is 1.00 bits per heavy atom. The predicted octanol–water partition coefficient (Wildman–Crippen LogP) is 4.18. The first-order valence-electron chi connectivity index (χ1n) is 5.41. The zero-order chi connectivity index (χ0) is 10.1. The third-order valence-corrected chi connectivity index (χ3v) is 2.26. The lowest BCUT2D eigenvalue weighted by Gasteiger charge is -1.99. The Kier molecular flexibility index (Phi) is 5.81. The van der Waals surface area contributed by atoms with Gasteiger partial charge in [-0.05, 0) is 44.6 Å². The molecule has 0 aliphatic carbocycles. The van der Waals surface area contributed by atoms with Gasteiger partial charge in [0.2, 0.25) is 0 Å². The van der Waals surface area contributed by atoms with Crippen LogP contribution < -0.4 is 0 Å². The van der Waals surface area contributed by atoms with Crippen molar-refractivity contribution in [2.45, 2.75) is 32.1 Å². The van der Waals surface area contributed by atoms with E-state index in [0.717, 1.165) is 6.42 Å². The van der Waals surface area contributed by atoms with Crippen LogP contribution in [0.1, 0.15) is 31.2 Å². The first kappa shape index (κ1) is 11.0. The van der Waals surface area contributed by atoms with Gasteiger partial charge < -0.3 is 0 Å². The van der Waals surface area contributed by atoms with Crippen molar-refractivity contribution >= 4 is 0 Å². The lowest BCUT2D eigenvalue weighted by atomic mass is 10.1. The van der Waals surface area contributed by atoms with Crippen LogP contribution in [0.5, 0.6) is 0 Å². The second-order valence-corrected chi connectivity index (χ2v) is 3.49. The summed E-state index contributed by atoms with van der Waals surface area (Å²) < 4.78 is 0. The normalized spacial score (nSPS) is 10.9. The average Bonchev–Trinajstić information content (AvgIpc) is 2.25. The number of hydrogen-bond donors (Lipinski definition) is 0. The van der Waals surface area contributed by atoms with E-state index in [0.29, 0.717) is 0 Å². The molecule has 0 nitrogen and oxygen atoms in total. The van der Waals surface area contributed by atoms with Gasteiger partial charge in [-0.2, -0.15) is 0 Å². The van der Waals surface area contributed by atoms with Crippen LogP contribution in [0.15, 0.2) is 42.5 Å². The summed E-state index contributed by atoms with van der Waals surface area (Å²) in [5, 5.41) is 0. The van der Waals surface area contributed by atoms with E-state index in [4.69, 9.17) is 0 Å². The van der Waals surface area contributed by atoms with Crippen molar-refractivity contribution in [3.63, 3.8) is 0 Å². The highest BCUT2D eigenvalue weighted by atomic mass is 14.0. The molecule has 1 rings (SSSR count). The molecule has 0 aromatic heterocycles. The van der Waals surface area contributed by atoms with Crippen LogP contribution in [0.2, 0.25) is 0 Å². The van der Waals surface area contributed by atoms with Crippen molar-refractivity contribution < 1.29 is 0 Å². The largest absolute Gasteiger partial charge is 0.0885 e. The first-order chi connectivity index (χ1) is 6.93. The number of allylic oxidation sites excluding steroid dienone is 2. The second kappa shape index (κ2) is 7.37. The molecular formula is C14H19. The van der Waals surface area contributed by atoms with Gasteiger partial charge in [-0.3, -0.25) is 0 Å². The van der Waals surface area contributed by atoms with Crippen molar-refractivity contribution in [2.24, 2.45) is 0 Å². The molecule has 0 unspecified atom stereocenters. The summed E-state index contributed by atoms with van der Waals surface area (Å²) in [6.07, 6.45) is 10.3. The fourth-order valence-corrected chi connectivity index (χ4v) is 1.47. The smallest absolute Gasteiger partial charge is 0.0279 e. The van der Waals surface area contributed by atoms with Crippen LogP contribution in [0.4, 0.5) is 0 Å². The van der Waals surface area contributed by atoms with Crippen LogP contribution in [0.3, 0.4) is 0 Å². The zero-order valence-electron chi connectivity index (χ0n) is 8.78. The van der Waals surface area contributed by atoms with Crippen molar-refractivity contribution in [2.75, 3.05) is 0 Å². The first-order valence-corrected chi connectivity index (χ1v) is 5.41. The van der Waals surface area contributed by atoms with Crippen molar-refractivity contribution in [3.05, 3.63) is 55.0 Å². The molecule has 1 aromatic carbocycles. The Morgan fingerprint density at radius 2 is 1.79 bits per heavy atom. The van der Waals surface area contributed by atoms with E-state index in [9.17, 15) is 0 Å². The van der Waals surface area contributed by atoms with Gasteiger partial charge in [0, 0.05) is 0 Å². The Bertz CT molecular complexity index is 246. The second-order valence-electron chi connectivity index (χ2n) is 3.49. The average molecular weight is 187 g/mol. The molecule has 0 spiro atoms. The van der Waals surface area contributed by atoms with Gasteiger partial charge >= 0.3 is 0 Å². The Labute approximate surface area is 87.7 Å². The van der Waals surface area contributed by atoms with Gasteiger partial charge in [-0.1, -0.05) is 42.5 Å². The molecule has 0 saturated carbocycles. The molecule has 0 heteroatoms. The zero-order valence-corrected chi connectivity index (χ0v) is 8.78. The van der Waals surface area contributed by atoms with Crippen LogP contribution in [0, 0.1) is 6.92 Å². The minimum atomic E-state index is 0.915. The molecular weight excluding hydrogens is 168 g/mol. The van der Waals surface area contributed by atoms with Gasteiger partial charge in [0.05, 0.1) is 0 Å². The topological polar surface area (TPSA) is 0 Å². The SMILES string of the molecule is [CH2]C/C=C/CCCCc1ccccc1. The summed E-state index contributed by atoms with van der Waals surface area (Å²) in [6, 6.07) is 10.7. The molecule has 14 heavy (non-hydrogen) atoms. The molecule has 0 N–H and O–H groups in total. The molecule has 0 fully saturated rings. The quantitative estimate of drug-likeness (QED) is 0.463. The maximum atomic E-state index is 3.76. The summed E-state index contributed by atoms with van der Waals surface area (Å²) in [5.41, 5.74) is 1.45. The number of unbranched alkanes of at least 4 members (excludes halogenated alkanes) is 2. The summed E-state index contributed by atoms with van der Waals surface area (Å²) in [7, 11) is 0. The minimum absolute atomic E-state index is 0.915. The number of aryl methyl sites for hydroxylation is 1. The molecule has 0 atom stereocenters. The molecule has 1 aromatic rings. The van der Waals surface area contributed by atoms with E-state index >= 15 is 0 Å². The Balaban J connectivity index is 2.07. The van der Waals surface area contributed by atoms with Crippen molar-refractivity contribution in [1.29, 1.82) is 0 Å². The van der Waals surface area contributed by atoms with Gasteiger partial charge in [-0.25, -0.2) is 0 Å². The standard InChI is InChI=1S/C14H19/c1-2-3-4-5-6-8-11-14-12-9-7-10-13-14/h3-4,7,9-10,12-13H,1-2,5-6,8,11H2/b4-3+. The Hall–Kier alpha value is -1.04. The third-order valence-electron chi connectivity index (χ3n) is 2.26. The minimum Gasteiger partial charge on any atom is -0.0885 e. The van der Waals surface area contributed by atoms with Gasteiger partial charge in [-0.15, -0.1) is 0 Å². The van der Waals surface area contributed by atoms with Crippen molar-refractivity contribution in [3.8, 4) is 0 Å². The highest BCUT2D eigenvalue weighted by Gasteiger charge is 1.90. The molecule has 0 amide bonds. The predicted molar refractivity (Wildman–Crippen MR) is 63.1 cm³/mol. The number of benzene rings is 1. The highest BCUT2D eigenvalue weighted by molar-refractivity contribution is 5.14. The van der Waals surface area contributed by atoms with Gasteiger partial charge in [0.15, 0.2) is 0 Å².